The van der Waals surface area contributed by atoms with Gasteiger partial charge in [0.1, 0.15) is 18.0 Å². The molecule has 1 N–H and O–H groups in total. The van der Waals surface area contributed by atoms with Gasteiger partial charge in [0, 0.05) is 25.4 Å². The molecule has 0 unspecified atom stereocenters. The number of nitrogens with zero attached hydrogens (tertiary/aromatic N) is 2. The van der Waals surface area contributed by atoms with Crippen LogP contribution >= 0.6 is 0 Å². The van der Waals surface area contributed by atoms with Crippen molar-refractivity contribution in [1.82, 2.24) is 9.88 Å². The van der Waals surface area contributed by atoms with Crippen LogP contribution in [0.5, 0.6) is 5.75 Å². The van der Waals surface area contributed by atoms with E-state index in [1.807, 2.05) is 42.5 Å². The summed E-state index contributed by atoms with van der Waals surface area (Å²) >= 11 is 0. The lowest BCUT2D eigenvalue weighted by Gasteiger charge is -2.23. The van der Waals surface area contributed by atoms with E-state index in [0.29, 0.717) is 25.9 Å². The summed E-state index contributed by atoms with van der Waals surface area (Å²) in [5.74, 6) is 0.836. The van der Waals surface area contributed by atoms with Gasteiger partial charge in [-0.15, -0.1) is 0 Å². The Balaban J connectivity index is 1.42. The second kappa shape index (κ2) is 8.12. The standard InChI is InChI=1S/C20H24N2O3/c23-19(8-4-5-17-9-12-21-13-10-17)22-14-11-20(24,15-22)16-25-18-6-2-1-3-7-18/h1-3,6-7,9-10,12-13,24H,4-5,8,11,14-16H2/t20-/m0/s1. The summed E-state index contributed by atoms with van der Waals surface area (Å²) in [5, 5.41) is 10.6. The molecule has 25 heavy (non-hydrogen) atoms. The molecule has 3 rings (SSSR count). The van der Waals surface area contributed by atoms with Crippen LogP contribution in [0.3, 0.4) is 0 Å². The first-order valence-corrected chi connectivity index (χ1v) is 8.72. The van der Waals surface area contributed by atoms with E-state index in [4.69, 9.17) is 4.74 Å². The highest BCUT2D eigenvalue weighted by atomic mass is 16.5. The van der Waals surface area contributed by atoms with Crippen LogP contribution in [-0.4, -0.2) is 46.2 Å². The number of aliphatic hydroxyl groups is 1. The van der Waals surface area contributed by atoms with Gasteiger partial charge >= 0.3 is 0 Å². The topological polar surface area (TPSA) is 62.7 Å². The Kier molecular flexibility index (Phi) is 5.66. The lowest BCUT2D eigenvalue weighted by Crippen LogP contribution is -2.40. The number of likely N-dealkylation sites (tertiary alicyclic amines) is 1. The van der Waals surface area contributed by atoms with Crippen LogP contribution in [0.15, 0.2) is 54.9 Å². The Morgan fingerprint density at radius 1 is 1.20 bits per heavy atom. The molecule has 1 aliphatic heterocycles. The van der Waals surface area contributed by atoms with Crippen LogP contribution in [0.4, 0.5) is 0 Å². The van der Waals surface area contributed by atoms with Crippen molar-refractivity contribution < 1.29 is 14.6 Å². The summed E-state index contributed by atoms with van der Waals surface area (Å²) in [4.78, 5) is 18.1. The molecule has 2 heterocycles. The van der Waals surface area contributed by atoms with E-state index < -0.39 is 5.60 Å². The Morgan fingerprint density at radius 3 is 2.72 bits per heavy atom. The molecule has 0 aliphatic carbocycles. The summed E-state index contributed by atoms with van der Waals surface area (Å²) < 4.78 is 5.67. The van der Waals surface area contributed by atoms with E-state index in [9.17, 15) is 9.90 Å². The van der Waals surface area contributed by atoms with Gasteiger partial charge < -0.3 is 14.7 Å². The zero-order chi connectivity index (χ0) is 17.5. The number of aryl methyl sites for hydroxylation is 1. The maximum absolute atomic E-state index is 12.4. The minimum atomic E-state index is -0.962. The van der Waals surface area contributed by atoms with Crippen molar-refractivity contribution in [3.63, 3.8) is 0 Å². The number of pyridine rings is 1. The summed E-state index contributed by atoms with van der Waals surface area (Å²) in [6.45, 7) is 1.13. The number of ether oxygens (including phenoxy) is 1. The van der Waals surface area contributed by atoms with Crippen LogP contribution < -0.4 is 4.74 Å². The van der Waals surface area contributed by atoms with Crippen LogP contribution in [-0.2, 0) is 11.2 Å². The predicted octanol–water partition coefficient (Wildman–Crippen LogP) is 2.45. The highest BCUT2D eigenvalue weighted by molar-refractivity contribution is 5.76. The molecule has 1 aromatic carbocycles. The lowest BCUT2D eigenvalue weighted by atomic mass is 10.1. The van der Waals surface area contributed by atoms with Gasteiger partial charge in [-0.2, -0.15) is 0 Å². The highest BCUT2D eigenvalue weighted by Crippen LogP contribution is 2.24. The average molecular weight is 340 g/mol. The molecule has 1 fully saturated rings. The molecule has 2 aromatic rings. The predicted molar refractivity (Wildman–Crippen MR) is 95.3 cm³/mol. The SMILES string of the molecule is O=C(CCCc1ccncc1)N1CC[C@@](O)(COc2ccccc2)C1. The fraction of sp³-hybridized carbons (Fsp3) is 0.400. The molecule has 0 saturated carbocycles. The van der Waals surface area contributed by atoms with E-state index in [2.05, 4.69) is 4.98 Å². The van der Waals surface area contributed by atoms with Crippen molar-refractivity contribution in [1.29, 1.82) is 0 Å². The van der Waals surface area contributed by atoms with Gasteiger partial charge in [0.15, 0.2) is 0 Å². The van der Waals surface area contributed by atoms with Gasteiger partial charge in [-0.05, 0) is 49.1 Å². The smallest absolute Gasteiger partial charge is 0.222 e. The second-order valence-corrected chi connectivity index (χ2v) is 6.60. The van der Waals surface area contributed by atoms with E-state index in [1.165, 1.54) is 5.56 Å². The summed E-state index contributed by atoms with van der Waals surface area (Å²) in [7, 11) is 0. The molecule has 1 aliphatic rings. The first-order valence-electron chi connectivity index (χ1n) is 8.72. The third-order valence-corrected chi connectivity index (χ3v) is 4.54. The molecular formula is C20H24N2O3. The van der Waals surface area contributed by atoms with Crippen molar-refractivity contribution in [3.8, 4) is 5.75 Å². The molecule has 1 saturated heterocycles. The van der Waals surface area contributed by atoms with Crippen molar-refractivity contribution in [3.05, 3.63) is 60.4 Å². The van der Waals surface area contributed by atoms with Gasteiger partial charge in [0.2, 0.25) is 5.91 Å². The summed E-state index contributed by atoms with van der Waals surface area (Å²) in [5.41, 5.74) is 0.230. The number of hydrogen-bond donors (Lipinski definition) is 1. The third kappa shape index (κ3) is 5.03. The number of carbonyl (C=O) groups excluding carboxylic acids is 1. The van der Waals surface area contributed by atoms with Crippen molar-refractivity contribution in [2.45, 2.75) is 31.3 Å². The first kappa shape index (κ1) is 17.4. The highest BCUT2D eigenvalue weighted by Gasteiger charge is 2.38. The number of para-hydroxylation sites is 1. The van der Waals surface area contributed by atoms with Crippen LogP contribution in [0.25, 0.3) is 0 Å². The largest absolute Gasteiger partial charge is 0.491 e. The summed E-state index contributed by atoms with van der Waals surface area (Å²) in [6, 6.07) is 13.4. The third-order valence-electron chi connectivity index (χ3n) is 4.54. The molecule has 0 spiro atoms. The number of carbonyl (C=O) groups is 1. The molecule has 0 bridgehead atoms. The zero-order valence-electron chi connectivity index (χ0n) is 14.3. The monoisotopic (exact) mass is 340 g/mol. The number of amides is 1. The number of β-amino-alcohol motifs (C(OH)–C–C–N with tert-alkyl or cyclic N) is 1. The maximum atomic E-state index is 12.4. The molecule has 132 valence electrons. The van der Waals surface area contributed by atoms with Gasteiger partial charge in [0.25, 0.3) is 0 Å². The molecule has 5 heteroatoms. The van der Waals surface area contributed by atoms with E-state index in [1.54, 1.807) is 17.3 Å². The van der Waals surface area contributed by atoms with E-state index >= 15 is 0 Å². The summed E-state index contributed by atoms with van der Waals surface area (Å²) in [6.07, 6.45) is 6.25. The molecule has 1 amide bonds. The average Bonchev–Trinajstić information content (AvgIpc) is 3.05. The number of hydrogen-bond acceptors (Lipinski definition) is 4. The van der Waals surface area contributed by atoms with Crippen molar-refractivity contribution in [2.24, 2.45) is 0 Å². The molecule has 5 nitrogen and oxygen atoms in total. The quantitative estimate of drug-likeness (QED) is 0.841. The van der Waals surface area contributed by atoms with Crippen molar-refractivity contribution >= 4 is 5.91 Å². The Bertz CT molecular complexity index is 678. The lowest BCUT2D eigenvalue weighted by molar-refractivity contribution is -0.131. The van der Waals surface area contributed by atoms with Crippen LogP contribution in [0, 0.1) is 0 Å². The molecule has 1 atom stereocenters. The van der Waals surface area contributed by atoms with Crippen LogP contribution in [0.2, 0.25) is 0 Å². The molecule has 0 radical (unpaired) electrons. The normalized spacial score (nSPS) is 19.8. The second-order valence-electron chi connectivity index (χ2n) is 6.60. The van der Waals surface area contributed by atoms with Crippen LogP contribution in [0.1, 0.15) is 24.8 Å². The Labute approximate surface area is 148 Å². The van der Waals surface area contributed by atoms with E-state index in [0.717, 1.165) is 18.6 Å². The Hall–Kier alpha value is -2.40. The van der Waals surface area contributed by atoms with Crippen molar-refractivity contribution in [2.75, 3.05) is 19.7 Å². The number of aromatic nitrogens is 1. The molecule has 1 aromatic heterocycles. The maximum Gasteiger partial charge on any atom is 0.222 e. The number of rotatable bonds is 7. The van der Waals surface area contributed by atoms with Gasteiger partial charge in [-0.1, -0.05) is 18.2 Å². The fourth-order valence-corrected chi connectivity index (χ4v) is 3.07. The first-order chi connectivity index (χ1) is 12.1. The Morgan fingerprint density at radius 2 is 1.96 bits per heavy atom. The number of benzene rings is 1. The van der Waals surface area contributed by atoms with Gasteiger partial charge in [-0.25, -0.2) is 0 Å². The van der Waals surface area contributed by atoms with E-state index in [-0.39, 0.29) is 12.5 Å². The van der Waals surface area contributed by atoms with Gasteiger partial charge in [0.05, 0.1) is 6.54 Å². The minimum Gasteiger partial charge on any atom is -0.491 e. The van der Waals surface area contributed by atoms with Gasteiger partial charge in [-0.3, -0.25) is 9.78 Å². The fourth-order valence-electron chi connectivity index (χ4n) is 3.07. The zero-order valence-corrected chi connectivity index (χ0v) is 14.3. The molecular weight excluding hydrogens is 316 g/mol. The minimum absolute atomic E-state index is 0.102.